The number of hydrogen-bond acceptors (Lipinski definition) is 4. The summed E-state index contributed by atoms with van der Waals surface area (Å²) in [4.78, 5) is 35.5. The van der Waals surface area contributed by atoms with E-state index in [9.17, 15) is 9.59 Å². The average Bonchev–Trinajstić information content (AvgIpc) is 3.29. The zero-order valence-corrected chi connectivity index (χ0v) is 21.7. The highest BCUT2D eigenvalue weighted by atomic mass is 16.2. The highest BCUT2D eigenvalue weighted by Crippen LogP contribution is 2.35. The lowest BCUT2D eigenvalue weighted by atomic mass is 9.95. The molecule has 0 spiro atoms. The molecule has 0 atom stereocenters. The van der Waals surface area contributed by atoms with Crippen molar-refractivity contribution in [2.75, 3.05) is 46.3 Å². The number of amides is 3. The number of nitrogens with one attached hydrogen (secondary N) is 1. The first-order valence-corrected chi connectivity index (χ1v) is 12.8. The maximum Gasteiger partial charge on any atom is 0.317 e. The Morgan fingerprint density at radius 3 is 2.56 bits per heavy atom. The van der Waals surface area contributed by atoms with Gasteiger partial charge < -0.3 is 20.0 Å². The van der Waals surface area contributed by atoms with Gasteiger partial charge in [-0.2, -0.15) is 0 Å². The van der Waals surface area contributed by atoms with Crippen molar-refractivity contribution in [3.05, 3.63) is 77.2 Å². The van der Waals surface area contributed by atoms with Crippen LogP contribution >= 0.6 is 0 Å². The van der Waals surface area contributed by atoms with Crippen molar-refractivity contribution in [1.29, 1.82) is 0 Å². The van der Waals surface area contributed by atoms with E-state index in [1.807, 2.05) is 48.1 Å². The number of aromatic nitrogens is 1. The molecule has 4 rings (SSSR count). The summed E-state index contributed by atoms with van der Waals surface area (Å²) in [6, 6.07) is 2.31. The summed E-state index contributed by atoms with van der Waals surface area (Å²) in [5.41, 5.74) is 6.28. The van der Waals surface area contributed by atoms with Crippen LogP contribution in [0.2, 0.25) is 0 Å². The third-order valence-corrected chi connectivity index (χ3v) is 6.80. The molecular formula is C29H37N5O2. The van der Waals surface area contributed by atoms with Gasteiger partial charge in [-0.3, -0.25) is 9.78 Å². The van der Waals surface area contributed by atoms with Gasteiger partial charge in [-0.15, -0.1) is 0 Å². The van der Waals surface area contributed by atoms with Crippen molar-refractivity contribution >= 4 is 23.6 Å². The van der Waals surface area contributed by atoms with E-state index in [1.165, 1.54) is 16.7 Å². The number of urea groups is 1. The highest BCUT2D eigenvalue weighted by molar-refractivity contribution is 5.95. The Hall–Kier alpha value is -3.45. The third-order valence-electron chi connectivity index (χ3n) is 6.80. The zero-order chi connectivity index (χ0) is 25.7. The molecule has 2 aliphatic heterocycles. The summed E-state index contributed by atoms with van der Waals surface area (Å²) in [7, 11) is 2.07. The number of piperazine rings is 1. The van der Waals surface area contributed by atoms with Crippen molar-refractivity contribution in [3.8, 4) is 0 Å². The number of hydrogen-bond donors (Lipinski definition) is 1. The highest BCUT2D eigenvalue weighted by Gasteiger charge is 2.24. The van der Waals surface area contributed by atoms with E-state index >= 15 is 0 Å². The molecule has 1 aliphatic carbocycles. The van der Waals surface area contributed by atoms with Crippen LogP contribution in [-0.4, -0.2) is 84.0 Å². The first-order valence-electron chi connectivity index (χ1n) is 12.8. The zero-order valence-electron chi connectivity index (χ0n) is 21.7. The van der Waals surface area contributed by atoms with Gasteiger partial charge in [-0.05, 0) is 50.1 Å². The van der Waals surface area contributed by atoms with Gasteiger partial charge in [0.2, 0.25) is 0 Å². The Morgan fingerprint density at radius 2 is 1.86 bits per heavy atom. The largest absolute Gasteiger partial charge is 0.336 e. The summed E-state index contributed by atoms with van der Waals surface area (Å²) in [5.74, 6) is 0.00253. The van der Waals surface area contributed by atoms with Gasteiger partial charge in [0.15, 0.2) is 0 Å². The maximum absolute atomic E-state index is 12.6. The quantitative estimate of drug-likeness (QED) is 0.491. The molecule has 1 fully saturated rings. The number of carbonyl (C=O) groups excluding carboxylic acids is 2. The summed E-state index contributed by atoms with van der Waals surface area (Å²) in [6.45, 7) is 12.5. The first-order chi connectivity index (χ1) is 17.3. The minimum absolute atomic E-state index is 0.00253. The van der Waals surface area contributed by atoms with Crippen LogP contribution in [0.25, 0.3) is 11.6 Å². The lowest BCUT2D eigenvalue weighted by Crippen LogP contribution is -2.47. The summed E-state index contributed by atoms with van der Waals surface area (Å²) in [6.07, 6.45) is 15.5. The lowest BCUT2D eigenvalue weighted by molar-refractivity contribution is -0.128. The Morgan fingerprint density at radius 1 is 1.08 bits per heavy atom. The van der Waals surface area contributed by atoms with Crippen LogP contribution < -0.4 is 5.32 Å². The second-order valence-electron chi connectivity index (χ2n) is 9.95. The number of fused-ring (bicyclic) bond motifs is 1. The molecule has 0 aromatic carbocycles. The Bertz CT molecular complexity index is 1140. The fraction of sp³-hybridized carbons (Fsp3) is 0.414. The van der Waals surface area contributed by atoms with Crippen molar-refractivity contribution in [1.82, 2.24) is 25.0 Å². The van der Waals surface area contributed by atoms with Crippen LogP contribution in [0.15, 0.2) is 60.4 Å². The minimum Gasteiger partial charge on any atom is -0.336 e. The molecule has 0 unspecified atom stereocenters. The van der Waals surface area contributed by atoms with E-state index in [0.29, 0.717) is 18.7 Å². The van der Waals surface area contributed by atoms with Crippen LogP contribution in [0, 0.1) is 0 Å². The molecule has 1 aromatic heterocycles. The number of pyridine rings is 1. The van der Waals surface area contributed by atoms with Crippen LogP contribution in [0.5, 0.6) is 0 Å². The molecule has 0 saturated carbocycles. The number of likely N-dealkylation sites (N-methyl/N-ethyl adjacent to an activating group) is 1. The topological polar surface area (TPSA) is 68.8 Å². The summed E-state index contributed by atoms with van der Waals surface area (Å²) < 4.78 is 0. The van der Waals surface area contributed by atoms with Crippen molar-refractivity contribution in [2.24, 2.45) is 0 Å². The molecule has 7 heteroatoms. The minimum atomic E-state index is -0.00355. The van der Waals surface area contributed by atoms with Crippen LogP contribution in [0.1, 0.15) is 37.1 Å². The molecule has 1 aromatic rings. The molecule has 1 saturated heterocycles. The fourth-order valence-corrected chi connectivity index (χ4v) is 4.67. The van der Waals surface area contributed by atoms with Crippen molar-refractivity contribution in [3.63, 3.8) is 0 Å². The number of nitrogens with zero attached hydrogens (tertiary/aromatic N) is 4. The fourth-order valence-electron chi connectivity index (χ4n) is 4.67. The molecule has 36 heavy (non-hydrogen) atoms. The van der Waals surface area contributed by atoms with Gasteiger partial charge in [0.25, 0.3) is 5.91 Å². The Labute approximate surface area is 214 Å². The number of allylic oxidation sites excluding steroid dienone is 4. The van der Waals surface area contributed by atoms with E-state index in [4.69, 9.17) is 0 Å². The number of rotatable bonds is 6. The van der Waals surface area contributed by atoms with Crippen LogP contribution in [0.4, 0.5) is 4.79 Å². The average molecular weight is 488 g/mol. The second kappa shape index (κ2) is 11.5. The van der Waals surface area contributed by atoms with Gasteiger partial charge in [0.05, 0.1) is 5.69 Å². The molecule has 3 aliphatic rings. The first kappa shape index (κ1) is 25.6. The standard InChI is InChI=1S/C29H37N5O2/c1-21(2)31-29(36)34-13-11-24(12-14-34)25-9-10-27-26(25)19-23(20-30-27)8-6-5-7-22(3)28(35)33-17-15-32(4)16-18-33/h5-9,11,19-21H,3,10,12-18H2,1-2,4H3,(H,31,36)/b7-5-,8-6+. The van der Waals surface area contributed by atoms with E-state index in [1.54, 1.807) is 6.08 Å². The molecule has 1 N–H and O–H groups in total. The van der Waals surface area contributed by atoms with Crippen molar-refractivity contribution in [2.45, 2.75) is 32.7 Å². The molecule has 190 valence electrons. The van der Waals surface area contributed by atoms with E-state index < -0.39 is 0 Å². The molecule has 0 radical (unpaired) electrons. The normalized spacial score (nSPS) is 18.6. The van der Waals surface area contributed by atoms with E-state index in [0.717, 1.165) is 50.3 Å². The van der Waals surface area contributed by atoms with Gasteiger partial charge in [0, 0.05) is 69.1 Å². The summed E-state index contributed by atoms with van der Waals surface area (Å²) >= 11 is 0. The Kier molecular flexibility index (Phi) is 8.21. The smallest absolute Gasteiger partial charge is 0.317 e. The van der Waals surface area contributed by atoms with E-state index in [-0.39, 0.29) is 18.0 Å². The second-order valence-corrected chi connectivity index (χ2v) is 9.95. The monoisotopic (exact) mass is 487 g/mol. The Balaban J connectivity index is 1.36. The molecule has 0 bridgehead atoms. The number of carbonyl (C=O) groups is 2. The van der Waals surface area contributed by atoms with Gasteiger partial charge in [-0.1, -0.05) is 43.0 Å². The van der Waals surface area contributed by atoms with Gasteiger partial charge in [-0.25, -0.2) is 4.79 Å². The lowest BCUT2D eigenvalue weighted by Gasteiger charge is -2.32. The van der Waals surface area contributed by atoms with Gasteiger partial charge in [0.1, 0.15) is 0 Å². The van der Waals surface area contributed by atoms with Gasteiger partial charge >= 0.3 is 6.03 Å². The molecule has 3 heterocycles. The third kappa shape index (κ3) is 6.21. The van der Waals surface area contributed by atoms with Crippen molar-refractivity contribution < 1.29 is 9.59 Å². The molecular weight excluding hydrogens is 450 g/mol. The SMILES string of the molecule is C=C(/C=C\C=C\c1cnc2c(c1)C(C1=CCN(C(=O)NC(C)C)CC1)=CC2)C(=O)N1CCN(C)CC1. The molecule has 3 amide bonds. The predicted octanol–water partition coefficient (Wildman–Crippen LogP) is 3.67. The van der Waals surface area contributed by atoms with E-state index in [2.05, 4.69) is 47.0 Å². The predicted molar refractivity (Wildman–Crippen MR) is 145 cm³/mol. The maximum atomic E-state index is 12.6. The summed E-state index contributed by atoms with van der Waals surface area (Å²) in [5, 5.41) is 2.97. The van der Waals surface area contributed by atoms with Crippen LogP contribution in [-0.2, 0) is 11.2 Å². The van der Waals surface area contributed by atoms with Crippen LogP contribution in [0.3, 0.4) is 0 Å². The molecule has 7 nitrogen and oxygen atoms in total.